The van der Waals surface area contributed by atoms with Crippen LogP contribution in [0.5, 0.6) is 0 Å². The van der Waals surface area contributed by atoms with E-state index in [-0.39, 0.29) is 25.5 Å². The molecule has 2 N–H and O–H groups in total. The van der Waals surface area contributed by atoms with Gasteiger partial charge in [-0.2, -0.15) is 13.2 Å². The van der Waals surface area contributed by atoms with Crippen LogP contribution in [0, 0.1) is 0 Å². The Hall–Kier alpha value is -0.670. The normalized spacial score (nSPS) is 18.1. The molecule has 0 unspecified atom stereocenters. The minimum atomic E-state index is -4.82. The van der Waals surface area contributed by atoms with E-state index in [2.05, 4.69) is 5.32 Å². The van der Waals surface area contributed by atoms with Crippen LogP contribution in [0.3, 0.4) is 0 Å². The van der Waals surface area contributed by atoms with Gasteiger partial charge in [-0.15, -0.1) is 12.4 Å². The molecule has 0 aromatic heterocycles. The van der Waals surface area contributed by atoms with Gasteiger partial charge >= 0.3 is 6.18 Å². The Kier molecular flexibility index (Phi) is 7.25. The predicted octanol–water partition coefficient (Wildman–Crippen LogP) is 3.35. The molecule has 2 rings (SSSR count). The van der Waals surface area contributed by atoms with Crippen molar-refractivity contribution in [3.05, 3.63) is 34.3 Å². The van der Waals surface area contributed by atoms with Crippen molar-refractivity contribution in [2.45, 2.75) is 18.1 Å². The summed E-state index contributed by atoms with van der Waals surface area (Å²) in [5.74, 6) is -3.76. The van der Waals surface area contributed by atoms with Crippen molar-refractivity contribution < 1.29 is 27.1 Å². The molecule has 138 valence electrons. The first kappa shape index (κ1) is 21.4. The van der Waals surface area contributed by atoms with Crippen LogP contribution in [-0.4, -0.2) is 48.7 Å². The minimum absolute atomic E-state index is 0. The quantitative estimate of drug-likeness (QED) is 0.768. The molecule has 1 saturated heterocycles. The number of aliphatic hydroxyl groups excluding tert-OH is 1. The number of nitrogens with zero attached hydrogens (tertiary/aromatic N) is 1. The molecule has 1 aromatic carbocycles. The molecule has 0 amide bonds. The number of halogens is 7. The third-order valence-corrected chi connectivity index (χ3v) is 4.09. The van der Waals surface area contributed by atoms with Gasteiger partial charge in [-0.05, 0) is 12.1 Å². The average Bonchev–Trinajstić information content (AvgIpc) is 2.49. The highest BCUT2D eigenvalue weighted by molar-refractivity contribution is 6.31. The molecule has 0 aliphatic carbocycles. The van der Waals surface area contributed by atoms with Crippen LogP contribution in [0.1, 0.15) is 17.2 Å². The second kappa shape index (κ2) is 8.14. The van der Waals surface area contributed by atoms with Crippen LogP contribution in [0.15, 0.2) is 18.2 Å². The molecule has 1 aromatic rings. The smallest absolute Gasteiger partial charge is 0.390 e. The van der Waals surface area contributed by atoms with Gasteiger partial charge in [-0.25, -0.2) is 8.78 Å². The number of nitrogens with one attached hydrogen (secondary N) is 1. The Bertz CT molecular complexity index is 550. The van der Waals surface area contributed by atoms with Gasteiger partial charge < -0.3 is 10.4 Å². The fourth-order valence-corrected chi connectivity index (χ4v) is 3.03. The standard InChI is InChI=1S/C14H16ClF5N2O.ClH/c15-10-3-1-2-9(14(18,19)20)11(10)12(13(16,17)8-23)22-6-4-21-5-7-22;/h1-3,12,21,23H,4-8H2;1H/t12-;/m1./s1. The van der Waals surface area contributed by atoms with E-state index in [1.165, 1.54) is 4.90 Å². The van der Waals surface area contributed by atoms with E-state index < -0.39 is 40.9 Å². The Morgan fingerprint density at radius 3 is 2.25 bits per heavy atom. The largest absolute Gasteiger partial charge is 0.416 e. The van der Waals surface area contributed by atoms with E-state index in [1.807, 2.05) is 0 Å². The summed E-state index contributed by atoms with van der Waals surface area (Å²) in [5, 5.41) is 11.6. The summed E-state index contributed by atoms with van der Waals surface area (Å²) in [6.45, 7) is -0.580. The topological polar surface area (TPSA) is 35.5 Å². The minimum Gasteiger partial charge on any atom is -0.390 e. The molecule has 1 atom stereocenters. The average molecular weight is 395 g/mol. The molecule has 1 aliphatic heterocycles. The van der Waals surface area contributed by atoms with Crippen LogP contribution in [-0.2, 0) is 6.18 Å². The molecule has 0 spiro atoms. The van der Waals surface area contributed by atoms with Crippen molar-refractivity contribution in [3.63, 3.8) is 0 Å². The second-order valence-electron chi connectivity index (χ2n) is 5.31. The van der Waals surface area contributed by atoms with Gasteiger partial charge in [-0.3, -0.25) is 4.90 Å². The zero-order chi connectivity index (χ0) is 17.3. The van der Waals surface area contributed by atoms with Crippen molar-refractivity contribution in [1.29, 1.82) is 0 Å². The summed E-state index contributed by atoms with van der Waals surface area (Å²) in [6, 6.07) is 0.999. The number of alkyl halides is 5. The molecule has 1 heterocycles. The predicted molar refractivity (Wildman–Crippen MR) is 82.9 cm³/mol. The second-order valence-corrected chi connectivity index (χ2v) is 5.71. The zero-order valence-electron chi connectivity index (χ0n) is 12.4. The van der Waals surface area contributed by atoms with Gasteiger partial charge in [0.2, 0.25) is 0 Å². The molecule has 10 heteroatoms. The zero-order valence-corrected chi connectivity index (χ0v) is 14.0. The molecule has 0 radical (unpaired) electrons. The Balaban J connectivity index is 0.00000288. The molecule has 24 heavy (non-hydrogen) atoms. The van der Waals surface area contributed by atoms with E-state index >= 15 is 0 Å². The Morgan fingerprint density at radius 1 is 1.17 bits per heavy atom. The van der Waals surface area contributed by atoms with Gasteiger partial charge in [0.25, 0.3) is 5.92 Å². The third kappa shape index (κ3) is 4.49. The Morgan fingerprint density at radius 2 is 1.75 bits per heavy atom. The number of hydrogen-bond donors (Lipinski definition) is 2. The maximum atomic E-state index is 14.3. The van der Waals surface area contributed by atoms with E-state index in [0.717, 1.165) is 18.2 Å². The lowest BCUT2D eigenvalue weighted by Gasteiger charge is -2.40. The van der Waals surface area contributed by atoms with Crippen molar-refractivity contribution >= 4 is 24.0 Å². The molecular weight excluding hydrogens is 378 g/mol. The molecule has 3 nitrogen and oxygen atoms in total. The highest BCUT2D eigenvalue weighted by Gasteiger charge is 2.48. The van der Waals surface area contributed by atoms with E-state index in [0.29, 0.717) is 13.1 Å². The van der Waals surface area contributed by atoms with Crippen LogP contribution >= 0.6 is 24.0 Å². The first-order valence-electron chi connectivity index (χ1n) is 6.97. The van der Waals surface area contributed by atoms with Crippen LogP contribution < -0.4 is 5.32 Å². The lowest BCUT2D eigenvalue weighted by Crippen LogP contribution is -2.51. The van der Waals surface area contributed by atoms with Crippen LogP contribution in [0.2, 0.25) is 5.02 Å². The number of hydrogen-bond acceptors (Lipinski definition) is 3. The van der Waals surface area contributed by atoms with E-state index in [4.69, 9.17) is 16.7 Å². The number of benzene rings is 1. The monoisotopic (exact) mass is 394 g/mol. The maximum absolute atomic E-state index is 14.3. The third-order valence-electron chi connectivity index (χ3n) is 3.76. The summed E-state index contributed by atoms with van der Waals surface area (Å²) in [7, 11) is 0. The SMILES string of the molecule is Cl.OCC(F)(F)[C@@H](c1c(Cl)cccc1C(F)(F)F)N1CCNCC1. The van der Waals surface area contributed by atoms with Gasteiger partial charge in [0.15, 0.2) is 0 Å². The van der Waals surface area contributed by atoms with Gasteiger partial charge in [0.05, 0.1) is 5.56 Å². The van der Waals surface area contributed by atoms with Crippen molar-refractivity contribution in [2.75, 3.05) is 32.8 Å². The number of aliphatic hydroxyl groups is 1. The lowest BCUT2D eigenvalue weighted by atomic mass is 9.93. The summed E-state index contributed by atoms with van der Waals surface area (Å²) in [4.78, 5) is 1.23. The van der Waals surface area contributed by atoms with E-state index in [1.54, 1.807) is 0 Å². The summed E-state index contributed by atoms with van der Waals surface area (Å²) in [5.41, 5.74) is -1.90. The van der Waals surface area contributed by atoms with Gasteiger partial charge in [0.1, 0.15) is 12.6 Å². The van der Waals surface area contributed by atoms with Crippen LogP contribution in [0.25, 0.3) is 0 Å². The van der Waals surface area contributed by atoms with Crippen molar-refractivity contribution in [1.82, 2.24) is 10.2 Å². The first-order chi connectivity index (χ1) is 10.7. The summed E-state index contributed by atoms with van der Waals surface area (Å²) >= 11 is 5.86. The number of rotatable bonds is 4. The maximum Gasteiger partial charge on any atom is 0.416 e. The fraction of sp³-hybridized carbons (Fsp3) is 0.571. The molecular formula is C14H17Cl2F5N2O. The van der Waals surface area contributed by atoms with Crippen LogP contribution in [0.4, 0.5) is 22.0 Å². The van der Waals surface area contributed by atoms with Gasteiger partial charge in [-0.1, -0.05) is 17.7 Å². The molecule has 1 fully saturated rings. The summed E-state index contributed by atoms with van der Waals surface area (Å²) < 4.78 is 68.3. The highest BCUT2D eigenvalue weighted by Crippen LogP contribution is 2.45. The fourth-order valence-electron chi connectivity index (χ4n) is 2.75. The molecule has 1 aliphatic rings. The number of piperazine rings is 1. The van der Waals surface area contributed by atoms with Crippen molar-refractivity contribution in [2.24, 2.45) is 0 Å². The van der Waals surface area contributed by atoms with E-state index in [9.17, 15) is 22.0 Å². The lowest BCUT2D eigenvalue weighted by molar-refractivity contribution is -0.145. The van der Waals surface area contributed by atoms with Gasteiger partial charge in [0, 0.05) is 36.8 Å². The van der Waals surface area contributed by atoms with Crippen molar-refractivity contribution in [3.8, 4) is 0 Å². The molecule has 0 saturated carbocycles. The Labute approximate surface area is 147 Å². The first-order valence-corrected chi connectivity index (χ1v) is 7.35. The highest BCUT2D eigenvalue weighted by atomic mass is 35.5. The summed E-state index contributed by atoms with van der Waals surface area (Å²) in [6.07, 6.45) is -4.82. The molecule has 0 bridgehead atoms.